The van der Waals surface area contributed by atoms with Gasteiger partial charge in [0.05, 0.1) is 5.56 Å². The minimum Gasteiger partial charge on any atom is -0.507 e. The van der Waals surface area contributed by atoms with E-state index in [4.69, 9.17) is 0 Å². The van der Waals surface area contributed by atoms with Crippen LogP contribution in [0.5, 0.6) is 5.75 Å². The molecule has 2 N–H and O–H groups in total. The second-order valence-corrected chi connectivity index (χ2v) is 5.37. The van der Waals surface area contributed by atoms with Crippen LogP contribution in [0.1, 0.15) is 29.6 Å². The second kappa shape index (κ2) is 6.70. The maximum atomic E-state index is 13.2. The van der Waals surface area contributed by atoms with Gasteiger partial charge in [0.25, 0.3) is 5.91 Å². The molecule has 1 aromatic carbocycles. The maximum absolute atomic E-state index is 13.2. The van der Waals surface area contributed by atoms with Gasteiger partial charge in [-0.15, -0.1) is 0 Å². The Kier molecular flexibility index (Phi) is 4.95. The van der Waals surface area contributed by atoms with Crippen molar-refractivity contribution in [2.75, 3.05) is 26.7 Å². The van der Waals surface area contributed by atoms with E-state index in [0.717, 1.165) is 44.5 Å². The van der Waals surface area contributed by atoms with Crippen molar-refractivity contribution in [3.05, 3.63) is 29.6 Å². The average Bonchev–Trinajstić information content (AvgIpc) is 2.47. The van der Waals surface area contributed by atoms with E-state index in [9.17, 15) is 14.3 Å². The lowest BCUT2D eigenvalue weighted by Crippen LogP contribution is -2.32. The molecule has 0 bridgehead atoms. The number of piperidine rings is 1. The highest BCUT2D eigenvalue weighted by Gasteiger charge is 2.19. The number of halogens is 1. The van der Waals surface area contributed by atoms with E-state index in [1.54, 1.807) is 11.9 Å². The summed E-state index contributed by atoms with van der Waals surface area (Å²) < 4.78 is 13.2. The van der Waals surface area contributed by atoms with Crippen LogP contribution in [0.2, 0.25) is 0 Å². The fourth-order valence-corrected chi connectivity index (χ4v) is 2.53. The smallest absolute Gasteiger partial charge is 0.257 e. The van der Waals surface area contributed by atoms with Crippen molar-refractivity contribution < 1.29 is 14.3 Å². The molecule has 1 aromatic rings. The fourth-order valence-electron chi connectivity index (χ4n) is 2.53. The third-order valence-electron chi connectivity index (χ3n) is 3.87. The molecule has 0 aliphatic carbocycles. The van der Waals surface area contributed by atoms with Gasteiger partial charge in [-0.3, -0.25) is 4.79 Å². The SMILES string of the molecule is CN(CCC1CCNCC1)C(=O)c1cc(F)ccc1O. The van der Waals surface area contributed by atoms with Crippen LogP contribution in [0.15, 0.2) is 18.2 Å². The molecule has 1 heterocycles. The summed E-state index contributed by atoms with van der Waals surface area (Å²) in [5.41, 5.74) is 0.0258. The minimum absolute atomic E-state index is 0.0258. The molecular formula is C15H21FN2O2. The highest BCUT2D eigenvalue weighted by molar-refractivity contribution is 5.96. The molecule has 110 valence electrons. The topological polar surface area (TPSA) is 52.6 Å². The van der Waals surface area contributed by atoms with Crippen LogP contribution in [0.3, 0.4) is 0 Å². The van der Waals surface area contributed by atoms with E-state index < -0.39 is 5.82 Å². The summed E-state index contributed by atoms with van der Waals surface area (Å²) in [6, 6.07) is 3.43. The van der Waals surface area contributed by atoms with Gasteiger partial charge in [-0.2, -0.15) is 0 Å². The van der Waals surface area contributed by atoms with Crippen LogP contribution >= 0.6 is 0 Å². The lowest BCUT2D eigenvalue weighted by molar-refractivity contribution is 0.0781. The van der Waals surface area contributed by atoms with Gasteiger partial charge < -0.3 is 15.3 Å². The molecule has 2 rings (SSSR count). The Bertz CT molecular complexity index is 473. The molecule has 0 unspecified atom stereocenters. The van der Waals surface area contributed by atoms with E-state index in [-0.39, 0.29) is 17.2 Å². The van der Waals surface area contributed by atoms with Crippen LogP contribution in [-0.2, 0) is 0 Å². The molecule has 0 aromatic heterocycles. The molecule has 0 atom stereocenters. The number of amides is 1. The van der Waals surface area contributed by atoms with Crippen molar-refractivity contribution in [3.8, 4) is 5.75 Å². The quantitative estimate of drug-likeness (QED) is 0.887. The number of carbonyl (C=O) groups is 1. The highest BCUT2D eigenvalue weighted by Crippen LogP contribution is 2.21. The molecule has 0 radical (unpaired) electrons. The lowest BCUT2D eigenvalue weighted by atomic mass is 9.94. The van der Waals surface area contributed by atoms with Gasteiger partial charge in [0.15, 0.2) is 0 Å². The van der Waals surface area contributed by atoms with E-state index in [1.165, 1.54) is 6.07 Å². The van der Waals surface area contributed by atoms with Crippen molar-refractivity contribution in [2.45, 2.75) is 19.3 Å². The minimum atomic E-state index is -0.516. The van der Waals surface area contributed by atoms with Gasteiger partial charge in [0.2, 0.25) is 0 Å². The third kappa shape index (κ3) is 3.70. The molecule has 1 amide bonds. The van der Waals surface area contributed by atoms with Crippen molar-refractivity contribution in [2.24, 2.45) is 5.92 Å². The van der Waals surface area contributed by atoms with E-state index in [1.807, 2.05) is 0 Å². The fraction of sp³-hybridized carbons (Fsp3) is 0.533. The number of hydrogen-bond acceptors (Lipinski definition) is 3. The number of nitrogens with one attached hydrogen (secondary N) is 1. The van der Waals surface area contributed by atoms with Crippen LogP contribution in [0.25, 0.3) is 0 Å². The Morgan fingerprint density at radius 2 is 2.15 bits per heavy atom. The second-order valence-electron chi connectivity index (χ2n) is 5.37. The number of benzene rings is 1. The molecule has 1 fully saturated rings. The van der Waals surface area contributed by atoms with Gasteiger partial charge in [-0.1, -0.05) is 0 Å². The number of phenols is 1. The van der Waals surface area contributed by atoms with Crippen LogP contribution in [0, 0.1) is 11.7 Å². The molecule has 0 spiro atoms. The van der Waals surface area contributed by atoms with E-state index in [0.29, 0.717) is 12.5 Å². The number of phenolic OH excluding ortho intramolecular Hbond substituents is 1. The van der Waals surface area contributed by atoms with Gasteiger partial charge in [0, 0.05) is 13.6 Å². The van der Waals surface area contributed by atoms with Crippen molar-refractivity contribution in [1.82, 2.24) is 10.2 Å². The molecule has 0 saturated carbocycles. The molecule has 1 aliphatic rings. The Balaban J connectivity index is 1.92. The molecular weight excluding hydrogens is 259 g/mol. The number of nitrogens with zero attached hydrogens (tertiary/aromatic N) is 1. The number of rotatable bonds is 4. The zero-order chi connectivity index (χ0) is 14.5. The van der Waals surface area contributed by atoms with E-state index >= 15 is 0 Å². The Morgan fingerprint density at radius 1 is 1.45 bits per heavy atom. The predicted octanol–water partition coefficient (Wildman–Crippen LogP) is 1.99. The first-order valence-electron chi connectivity index (χ1n) is 7.02. The van der Waals surface area contributed by atoms with Crippen molar-refractivity contribution in [1.29, 1.82) is 0 Å². The molecule has 1 aliphatic heterocycles. The highest BCUT2D eigenvalue weighted by atomic mass is 19.1. The Labute approximate surface area is 118 Å². The standard InChI is InChI=1S/C15H21FN2O2/c1-18(9-6-11-4-7-17-8-5-11)15(20)13-10-12(16)2-3-14(13)19/h2-3,10-11,17,19H,4-9H2,1H3. The first-order chi connectivity index (χ1) is 9.58. The van der Waals surface area contributed by atoms with E-state index in [2.05, 4.69) is 5.32 Å². The van der Waals surface area contributed by atoms with Gasteiger partial charge in [0.1, 0.15) is 11.6 Å². The van der Waals surface area contributed by atoms with Crippen LogP contribution in [0.4, 0.5) is 4.39 Å². The van der Waals surface area contributed by atoms with Gasteiger partial charge in [-0.05, 0) is 56.5 Å². The number of carbonyl (C=O) groups excluding carboxylic acids is 1. The zero-order valence-corrected chi connectivity index (χ0v) is 11.7. The largest absolute Gasteiger partial charge is 0.507 e. The average molecular weight is 280 g/mol. The van der Waals surface area contributed by atoms with Crippen molar-refractivity contribution >= 4 is 5.91 Å². The molecule has 4 nitrogen and oxygen atoms in total. The predicted molar refractivity (Wildman–Crippen MR) is 75.2 cm³/mol. The van der Waals surface area contributed by atoms with Gasteiger partial charge in [-0.25, -0.2) is 4.39 Å². The lowest BCUT2D eigenvalue weighted by Gasteiger charge is -2.25. The first-order valence-corrected chi connectivity index (χ1v) is 7.02. The van der Waals surface area contributed by atoms with Crippen LogP contribution in [-0.4, -0.2) is 42.6 Å². The summed E-state index contributed by atoms with van der Waals surface area (Å²) >= 11 is 0. The monoisotopic (exact) mass is 280 g/mol. The first kappa shape index (κ1) is 14.8. The number of hydrogen-bond donors (Lipinski definition) is 2. The van der Waals surface area contributed by atoms with Gasteiger partial charge >= 0.3 is 0 Å². The summed E-state index contributed by atoms with van der Waals surface area (Å²) in [5.74, 6) is -0.397. The third-order valence-corrected chi connectivity index (χ3v) is 3.87. The normalized spacial score (nSPS) is 16.1. The molecule has 5 heteroatoms. The summed E-state index contributed by atoms with van der Waals surface area (Å²) in [5, 5.41) is 13.0. The summed E-state index contributed by atoms with van der Waals surface area (Å²) in [7, 11) is 1.69. The number of aromatic hydroxyl groups is 1. The molecule has 1 saturated heterocycles. The Morgan fingerprint density at radius 3 is 2.85 bits per heavy atom. The molecule has 20 heavy (non-hydrogen) atoms. The summed E-state index contributed by atoms with van der Waals surface area (Å²) in [6.45, 7) is 2.69. The van der Waals surface area contributed by atoms with Crippen LogP contribution < -0.4 is 5.32 Å². The Hall–Kier alpha value is -1.62. The maximum Gasteiger partial charge on any atom is 0.257 e. The summed E-state index contributed by atoms with van der Waals surface area (Å²) in [4.78, 5) is 13.7. The summed E-state index contributed by atoms with van der Waals surface area (Å²) in [6.07, 6.45) is 3.21. The zero-order valence-electron chi connectivity index (χ0n) is 11.7. The van der Waals surface area contributed by atoms with Crippen molar-refractivity contribution in [3.63, 3.8) is 0 Å².